The van der Waals surface area contributed by atoms with Gasteiger partial charge in [-0.15, -0.1) is 0 Å². The van der Waals surface area contributed by atoms with Crippen LogP contribution in [0, 0.1) is 6.92 Å². The van der Waals surface area contributed by atoms with E-state index < -0.39 is 6.03 Å². The van der Waals surface area contributed by atoms with Crippen molar-refractivity contribution in [2.75, 3.05) is 12.4 Å². The molecule has 2 amide bonds. The number of nitrogens with one attached hydrogen (secondary N) is 2. The van der Waals surface area contributed by atoms with Crippen LogP contribution >= 0.6 is 0 Å². The zero-order valence-corrected chi connectivity index (χ0v) is 16.4. The van der Waals surface area contributed by atoms with Crippen molar-refractivity contribution in [1.82, 2.24) is 5.43 Å². The highest BCUT2D eigenvalue weighted by atomic mass is 16.5. The lowest BCUT2D eigenvalue weighted by Gasteiger charge is -2.13. The van der Waals surface area contributed by atoms with Gasteiger partial charge >= 0.3 is 6.03 Å². The summed E-state index contributed by atoms with van der Waals surface area (Å²) in [6.07, 6.45) is 1.53. The molecule has 0 heterocycles. The molecular weight excluding hydrogens is 366 g/mol. The highest BCUT2D eigenvalue weighted by Gasteiger charge is 2.10. The normalized spacial score (nSPS) is 10.6. The minimum atomic E-state index is -0.426. The van der Waals surface area contributed by atoms with Crippen LogP contribution in [0.1, 0.15) is 16.7 Å². The summed E-state index contributed by atoms with van der Waals surface area (Å²) in [5.74, 6) is 1.15. The first-order valence-electron chi connectivity index (χ1n) is 9.17. The fraction of sp³-hybridized carbons (Fsp3) is 0.130. The van der Waals surface area contributed by atoms with Crippen LogP contribution in [0.4, 0.5) is 10.5 Å². The number of carbonyl (C=O) groups is 1. The van der Waals surface area contributed by atoms with E-state index in [2.05, 4.69) is 15.8 Å². The average Bonchev–Trinajstić information content (AvgIpc) is 2.75. The highest BCUT2D eigenvalue weighted by molar-refractivity contribution is 5.91. The number of nitrogens with zero attached hydrogens (tertiary/aromatic N) is 1. The van der Waals surface area contributed by atoms with Gasteiger partial charge in [-0.25, -0.2) is 10.2 Å². The number of para-hydroxylation sites is 2. The van der Waals surface area contributed by atoms with Gasteiger partial charge in [0.15, 0.2) is 11.5 Å². The second-order valence-corrected chi connectivity index (χ2v) is 6.29. The number of hydrogen-bond acceptors (Lipinski definition) is 4. The number of aryl methyl sites for hydroxylation is 1. The van der Waals surface area contributed by atoms with Crippen molar-refractivity contribution in [3.8, 4) is 11.5 Å². The summed E-state index contributed by atoms with van der Waals surface area (Å²) in [4.78, 5) is 12.1. The van der Waals surface area contributed by atoms with Crippen LogP contribution in [-0.2, 0) is 6.61 Å². The molecule has 0 spiro atoms. The van der Waals surface area contributed by atoms with E-state index in [0.717, 1.165) is 16.8 Å². The van der Waals surface area contributed by atoms with E-state index in [1.54, 1.807) is 7.11 Å². The summed E-state index contributed by atoms with van der Waals surface area (Å²) < 4.78 is 11.4. The molecular formula is C23H23N3O3. The molecule has 0 bridgehead atoms. The fourth-order valence-electron chi connectivity index (χ4n) is 2.70. The molecule has 0 aliphatic rings. The topological polar surface area (TPSA) is 72.0 Å². The molecule has 0 aliphatic heterocycles. The molecule has 0 saturated carbocycles. The summed E-state index contributed by atoms with van der Waals surface area (Å²) >= 11 is 0. The number of methoxy groups -OCH3 is 1. The van der Waals surface area contributed by atoms with Gasteiger partial charge in [0.05, 0.1) is 13.3 Å². The number of carbonyl (C=O) groups excluding carboxylic acids is 1. The number of hydrogen-bond donors (Lipinski definition) is 2. The van der Waals surface area contributed by atoms with Gasteiger partial charge in [0, 0.05) is 11.3 Å². The molecule has 0 aliphatic carbocycles. The number of ether oxygens (including phenoxy) is 2. The fourth-order valence-corrected chi connectivity index (χ4v) is 2.70. The number of hydrazone groups is 1. The van der Waals surface area contributed by atoms with E-state index >= 15 is 0 Å². The van der Waals surface area contributed by atoms with Gasteiger partial charge in [0.25, 0.3) is 0 Å². The van der Waals surface area contributed by atoms with E-state index in [1.807, 2.05) is 79.7 Å². The molecule has 148 valence electrons. The van der Waals surface area contributed by atoms with Gasteiger partial charge in [0.2, 0.25) is 0 Å². The third kappa shape index (κ3) is 5.59. The van der Waals surface area contributed by atoms with Gasteiger partial charge in [-0.1, -0.05) is 54.6 Å². The Hall–Kier alpha value is -3.80. The lowest BCUT2D eigenvalue weighted by atomic mass is 10.2. The van der Waals surface area contributed by atoms with Crippen molar-refractivity contribution >= 4 is 17.9 Å². The number of anilines is 1. The lowest BCUT2D eigenvalue weighted by molar-refractivity contribution is 0.252. The number of rotatable bonds is 7. The zero-order valence-electron chi connectivity index (χ0n) is 16.4. The second kappa shape index (κ2) is 9.94. The Morgan fingerprint density at radius 2 is 1.76 bits per heavy atom. The Bertz CT molecular complexity index is 988. The van der Waals surface area contributed by atoms with Crippen molar-refractivity contribution in [3.05, 3.63) is 89.5 Å². The first kappa shape index (κ1) is 19.9. The minimum Gasteiger partial charge on any atom is -0.493 e. The number of urea groups is 1. The molecule has 0 radical (unpaired) electrons. The SMILES string of the molecule is COc1cccc(/C=N\NC(=O)Nc2ccccc2C)c1OCc1ccccc1. The molecule has 2 N–H and O–H groups in total. The molecule has 0 saturated heterocycles. The number of benzene rings is 3. The predicted octanol–water partition coefficient (Wildman–Crippen LogP) is 4.74. The van der Waals surface area contributed by atoms with Crippen molar-refractivity contribution in [3.63, 3.8) is 0 Å². The van der Waals surface area contributed by atoms with Crippen molar-refractivity contribution < 1.29 is 14.3 Å². The van der Waals surface area contributed by atoms with Gasteiger partial charge in [-0.3, -0.25) is 0 Å². The molecule has 3 aromatic carbocycles. The van der Waals surface area contributed by atoms with Crippen LogP contribution in [0.15, 0.2) is 77.9 Å². The third-order valence-electron chi connectivity index (χ3n) is 4.22. The summed E-state index contributed by atoms with van der Waals surface area (Å²) in [6.45, 7) is 2.31. The van der Waals surface area contributed by atoms with E-state index in [4.69, 9.17) is 9.47 Å². The van der Waals surface area contributed by atoms with Crippen LogP contribution < -0.4 is 20.2 Å². The molecule has 0 atom stereocenters. The monoisotopic (exact) mass is 389 g/mol. The van der Waals surface area contributed by atoms with Gasteiger partial charge in [-0.05, 0) is 36.2 Å². The molecule has 0 unspecified atom stereocenters. The minimum absolute atomic E-state index is 0.392. The standard InChI is InChI=1S/C23H23N3O3/c1-17-9-6-7-13-20(17)25-23(27)26-24-15-19-12-8-14-21(28-2)22(19)29-16-18-10-4-3-5-11-18/h3-15H,16H2,1-2H3,(H2,25,26,27)/b24-15-. The van der Waals surface area contributed by atoms with Gasteiger partial charge in [-0.2, -0.15) is 5.10 Å². The summed E-state index contributed by atoms with van der Waals surface area (Å²) in [6, 6.07) is 22.4. The lowest BCUT2D eigenvalue weighted by Crippen LogP contribution is -2.24. The van der Waals surface area contributed by atoms with Crippen molar-refractivity contribution in [1.29, 1.82) is 0 Å². The summed E-state index contributed by atoms with van der Waals surface area (Å²) in [5.41, 5.74) is 5.90. The Morgan fingerprint density at radius 3 is 2.52 bits per heavy atom. The Labute approximate surface area is 170 Å². The first-order valence-corrected chi connectivity index (χ1v) is 9.17. The summed E-state index contributed by atoms with van der Waals surface area (Å²) in [7, 11) is 1.58. The van der Waals surface area contributed by atoms with Crippen molar-refractivity contribution in [2.24, 2.45) is 5.10 Å². The van der Waals surface area contributed by atoms with Gasteiger partial charge < -0.3 is 14.8 Å². The molecule has 0 aromatic heterocycles. The largest absolute Gasteiger partial charge is 0.493 e. The van der Waals surface area contributed by atoms with Crippen molar-refractivity contribution in [2.45, 2.75) is 13.5 Å². The summed E-state index contributed by atoms with van der Waals surface area (Å²) in [5, 5.41) is 6.80. The predicted molar refractivity (Wildman–Crippen MR) is 115 cm³/mol. The molecule has 6 heteroatoms. The Kier molecular flexibility index (Phi) is 6.84. The first-order chi connectivity index (χ1) is 14.2. The van der Waals surface area contributed by atoms with Crippen LogP contribution in [0.2, 0.25) is 0 Å². The maximum absolute atomic E-state index is 12.1. The van der Waals surface area contributed by atoms with Crippen LogP contribution in [0.3, 0.4) is 0 Å². The molecule has 3 aromatic rings. The third-order valence-corrected chi connectivity index (χ3v) is 4.22. The van der Waals surface area contributed by atoms with Crippen LogP contribution in [0.25, 0.3) is 0 Å². The number of amides is 2. The quantitative estimate of drug-likeness (QED) is 0.453. The maximum atomic E-state index is 12.1. The van der Waals surface area contributed by atoms with Crippen LogP contribution in [0.5, 0.6) is 11.5 Å². The Balaban J connectivity index is 1.67. The van der Waals surface area contributed by atoms with Crippen LogP contribution in [-0.4, -0.2) is 19.4 Å². The average molecular weight is 389 g/mol. The van der Waals surface area contributed by atoms with E-state index in [-0.39, 0.29) is 0 Å². The van der Waals surface area contributed by atoms with E-state index in [1.165, 1.54) is 6.21 Å². The molecule has 0 fully saturated rings. The van der Waals surface area contributed by atoms with E-state index in [9.17, 15) is 4.79 Å². The zero-order chi connectivity index (χ0) is 20.5. The molecule has 29 heavy (non-hydrogen) atoms. The smallest absolute Gasteiger partial charge is 0.339 e. The van der Waals surface area contributed by atoms with Gasteiger partial charge in [0.1, 0.15) is 6.61 Å². The second-order valence-electron chi connectivity index (χ2n) is 6.29. The van der Waals surface area contributed by atoms with E-state index in [0.29, 0.717) is 23.7 Å². The highest BCUT2D eigenvalue weighted by Crippen LogP contribution is 2.30. The molecule has 3 rings (SSSR count). The molecule has 6 nitrogen and oxygen atoms in total. The maximum Gasteiger partial charge on any atom is 0.339 e. The Morgan fingerprint density at radius 1 is 1.00 bits per heavy atom.